The maximum absolute atomic E-state index is 13.2. The summed E-state index contributed by atoms with van der Waals surface area (Å²) in [5.41, 5.74) is 4.33. The number of carbonyl (C=O) groups is 1. The van der Waals surface area contributed by atoms with E-state index in [9.17, 15) is 9.18 Å². The zero-order chi connectivity index (χ0) is 19.1. The van der Waals surface area contributed by atoms with E-state index in [1.165, 1.54) is 35.8 Å². The lowest BCUT2D eigenvalue weighted by Crippen LogP contribution is -2.59. The minimum atomic E-state index is -0.357. The van der Waals surface area contributed by atoms with Crippen molar-refractivity contribution in [3.63, 3.8) is 0 Å². The van der Waals surface area contributed by atoms with Gasteiger partial charge < -0.3 is 9.80 Å². The fourth-order valence-corrected chi connectivity index (χ4v) is 4.17. The van der Waals surface area contributed by atoms with Crippen LogP contribution in [0.15, 0.2) is 41.3 Å². The van der Waals surface area contributed by atoms with Crippen LogP contribution >= 0.6 is 11.5 Å². The summed E-state index contributed by atoms with van der Waals surface area (Å²) in [4.78, 5) is 21.4. The number of fused-ring (bicyclic) bond motifs is 1. The van der Waals surface area contributed by atoms with Gasteiger partial charge in [-0.25, -0.2) is 9.37 Å². The number of amidine groups is 1. The van der Waals surface area contributed by atoms with Crippen LogP contribution in [-0.4, -0.2) is 49.5 Å². The molecule has 0 spiro atoms. The van der Waals surface area contributed by atoms with Crippen LogP contribution in [0.1, 0.15) is 35.0 Å². The lowest BCUT2D eigenvalue weighted by Gasteiger charge is -2.47. The second-order valence-electron chi connectivity index (χ2n) is 6.64. The topological polar surface area (TPSA) is 73.7 Å². The molecule has 27 heavy (non-hydrogen) atoms. The number of piperazine rings is 1. The molecule has 2 aromatic rings. The van der Waals surface area contributed by atoms with Crippen molar-refractivity contribution in [2.45, 2.75) is 32.9 Å². The lowest BCUT2D eigenvalue weighted by molar-refractivity contribution is 0.0519. The van der Waals surface area contributed by atoms with Crippen LogP contribution in [-0.2, 0) is 0 Å². The molecule has 0 aliphatic carbocycles. The van der Waals surface area contributed by atoms with Gasteiger partial charge in [-0.2, -0.15) is 9.47 Å². The standard InChI is InChI=1S/C18H19FN6OS/c1-10-9-24-15(8-20-22-16(24)17-21-12(3)23-27-17)11(2)25(10)18(26)13-4-6-14(19)7-5-13/h4-8,10-11,20H,9H2,1-3H3/t10?,11-/m1/s1. The second-order valence-corrected chi connectivity index (χ2v) is 7.39. The first-order chi connectivity index (χ1) is 13.0. The third-order valence-electron chi connectivity index (χ3n) is 4.76. The average molecular weight is 386 g/mol. The zero-order valence-electron chi connectivity index (χ0n) is 15.2. The van der Waals surface area contributed by atoms with E-state index in [1.807, 2.05) is 25.7 Å². The van der Waals surface area contributed by atoms with Crippen molar-refractivity contribution in [3.05, 3.63) is 58.4 Å². The molecule has 3 heterocycles. The van der Waals surface area contributed by atoms with E-state index in [2.05, 4.69) is 24.8 Å². The Hall–Kier alpha value is -2.81. The first-order valence-electron chi connectivity index (χ1n) is 8.65. The van der Waals surface area contributed by atoms with Crippen LogP contribution in [0.5, 0.6) is 0 Å². The normalized spacial score (nSPS) is 21.9. The van der Waals surface area contributed by atoms with E-state index in [0.717, 1.165) is 10.7 Å². The number of halogens is 1. The highest BCUT2D eigenvalue weighted by Gasteiger charge is 2.40. The smallest absolute Gasteiger partial charge is 0.254 e. The SMILES string of the molecule is Cc1nsc(C2=NNC=C3[C@@H](C)N(C(=O)c4ccc(F)cc4)C(C)CN32)n1. The van der Waals surface area contributed by atoms with Gasteiger partial charge in [-0.1, -0.05) is 0 Å². The number of aromatic nitrogens is 2. The van der Waals surface area contributed by atoms with Gasteiger partial charge in [-0.3, -0.25) is 10.2 Å². The number of hydrogen-bond donors (Lipinski definition) is 1. The molecule has 1 aromatic carbocycles. The van der Waals surface area contributed by atoms with Gasteiger partial charge in [-0.15, -0.1) is 0 Å². The molecule has 2 aliphatic heterocycles. The highest BCUT2D eigenvalue weighted by molar-refractivity contribution is 7.07. The van der Waals surface area contributed by atoms with Gasteiger partial charge in [0, 0.05) is 24.4 Å². The van der Waals surface area contributed by atoms with Gasteiger partial charge in [0.25, 0.3) is 5.91 Å². The van der Waals surface area contributed by atoms with E-state index in [1.54, 1.807) is 6.20 Å². The van der Waals surface area contributed by atoms with Gasteiger partial charge in [0.2, 0.25) is 0 Å². The molecule has 0 saturated carbocycles. The monoisotopic (exact) mass is 386 g/mol. The van der Waals surface area contributed by atoms with Crippen LogP contribution in [0, 0.1) is 12.7 Å². The summed E-state index contributed by atoms with van der Waals surface area (Å²) >= 11 is 1.30. The zero-order valence-corrected chi connectivity index (χ0v) is 16.0. The van der Waals surface area contributed by atoms with E-state index < -0.39 is 0 Å². The van der Waals surface area contributed by atoms with Crippen molar-refractivity contribution in [2.75, 3.05) is 6.54 Å². The Morgan fingerprint density at radius 2 is 2.04 bits per heavy atom. The van der Waals surface area contributed by atoms with Gasteiger partial charge in [0.05, 0.1) is 11.7 Å². The van der Waals surface area contributed by atoms with E-state index >= 15 is 0 Å². The van der Waals surface area contributed by atoms with E-state index in [4.69, 9.17) is 0 Å². The number of rotatable bonds is 2. The predicted molar refractivity (Wildman–Crippen MR) is 101 cm³/mol. The first-order valence-corrected chi connectivity index (χ1v) is 9.43. The van der Waals surface area contributed by atoms with Crippen molar-refractivity contribution in [1.29, 1.82) is 0 Å². The van der Waals surface area contributed by atoms with Crippen molar-refractivity contribution in [3.8, 4) is 0 Å². The largest absolute Gasteiger partial charge is 0.326 e. The number of amides is 1. The molecule has 1 aromatic heterocycles. The number of hydrogen-bond acceptors (Lipinski definition) is 7. The third-order valence-corrected chi connectivity index (χ3v) is 5.56. The molecule has 2 aliphatic rings. The number of nitrogens with one attached hydrogen (secondary N) is 1. The van der Waals surface area contributed by atoms with Crippen LogP contribution in [0.2, 0.25) is 0 Å². The molecule has 1 saturated heterocycles. The molecule has 1 N–H and O–H groups in total. The third kappa shape index (κ3) is 3.08. The molecular weight excluding hydrogens is 367 g/mol. The van der Waals surface area contributed by atoms with Crippen molar-refractivity contribution in [2.24, 2.45) is 5.10 Å². The molecule has 0 radical (unpaired) electrons. The molecule has 2 atom stereocenters. The van der Waals surface area contributed by atoms with Crippen molar-refractivity contribution < 1.29 is 9.18 Å². The minimum Gasteiger partial charge on any atom is -0.326 e. The van der Waals surface area contributed by atoms with Gasteiger partial charge in [-0.05, 0) is 56.6 Å². The molecule has 1 unspecified atom stereocenters. The Labute approximate surface area is 160 Å². The summed E-state index contributed by atoms with van der Waals surface area (Å²) < 4.78 is 17.4. The highest BCUT2D eigenvalue weighted by Crippen LogP contribution is 2.29. The predicted octanol–water partition coefficient (Wildman–Crippen LogP) is 2.33. The summed E-state index contributed by atoms with van der Waals surface area (Å²) in [7, 11) is 0. The van der Waals surface area contributed by atoms with Crippen LogP contribution in [0.4, 0.5) is 4.39 Å². The van der Waals surface area contributed by atoms with Gasteiger partial charge in [0.1, 0.15) is 11.6 Å². The molecule has 0 bridgehead atoms. The molecule has 1 fully saturated rings. The number of benzene rings is 1. The Bertz CT molecular complexity index is 938. The fraction of sp³-hybridized carbons (Fsp3) is 0.333. The maximum atomic E-state index is 13.2. The Kier molecular flexibility index (Phi) is 4.39. The second kappa shape index (κ2) is 6.73. The van der Waals surface area contributed by atoms with Crippen molar-refractivity contribution >= 4 is 23.3 Å². The molecule has 1 amide bonds. The maximum Gasteiger partial charge on any atom is 0.254 e. The number of nitrogens with zero attached hydrogens (tertiary/aromatic N) is 5. The summed E-state index contributed by atoms with van der Waals surface area (Å²) in [5.74, 6) is 0.946. The van der Waals surface area contributed by atoms with Crippen molar-refractivity contribution in [1.82, 2.24) is 24.6 Å². The molecular formula is C18H19FN6OS. The Morgan fingerprint density at radius 3 is 2.70 bits per heavy atom. The van der Waals surface area contributed by atoms with Gasteiger partial charge in [0.15, 0.2) is 10.8 Å². The van der Waals surface area contributed by atoms with E-state index in [0.29, 0.717) is 23.8 Å². The quantitative estimate of drug-likeness (QED) is 0.858. The Morgan fingerprint density at radius 1 is 1.30 bits per heavy atom. The average Bonchev–Trinajstić information content (AvgIpc) is 3.08. The summed E-state index contributed by atoms with van der Waals surface area (Å²) in [6.07, 6.45) is 1.80. The molecule has 7 nitrogen and oxygen atoms in total. The first kappa shape index (κ1) is 17.6. The van der Waals surface area contributed by atoms with Crippen LogP contribution in [0.3, 0.4) is 0 Å². The van der Waals surface area contributed by atoms with E-state index in [-0.39, 0.29) is 23.8 Å². The minimum absolute atomic E-state index is 0.0629. The summed E-state index contributed by atoms with van der Waals surface area (Å²) in [6.45, 7) is 6.41. The highest BCUT2D eigenvalue weighted by atomic mass is 32.1. The van der Waals surface area contributed by atoms with Crippen LogP contribution < -0.4 is 5.43 Å². The molecule has 4 rings (SSSR count). The summed E-state index contributed by atoms with van der Waals surface area (Å²) in [5, 5.41) is 5.12. The molecule has 140 valence electrons. The Balaban J connectivity index is 1.62. The summed E-state index contributed by atoms with van der Waals surface area (Å²) in [6, 6.07) is 5.42. The number of carbonyl (C=O) groups excluding carboxylic acids is 1. The number of hydrazone groups is 1. The molecule has 9 heteroatoms. The van der Waals surface area contributed by atoms with Gasteiger partial charge >= 0.3 is 0 Å². The fourth-order valence-electron chi connectivity index (χ4n) is 3.50. The number of aryl methyl sites for hydroxylation is 1. The van der Waals surface area contributed by atoms with Crippen LogP contribution in [0.25, 0.3) is 0 Å². The lowest BCUT2D eigenvalue weighted by atomic mass is 10.0.